The number of carbonyl (C=O) groups is 3. The number of hydrogen-bond acceptors (Lipinski definition) is 3. The van der Waals surface area contributed by atoms with Gasteiger partial charge in [-0.2, -0.15) is 0 Å². The number of amides is 1. The molecule has 94 valence electrons. The van der Waals surface area contributed by atoms with Crippen LogP contribution in [0.2, 0.25) is 0 Å². The van der Waals surface area contributed by atoms with Gasteiger partial charge in [-0.15, -0.1) is 0 Å². The lowest BCUT2D eigenvalue weighted by atomic mass is 10.1. The molecule has 1 saturated heterocycles. The smallest absolute Gasteiger partial charge is 0.326 e. The molecular formula is C12H10FNO4. The minimum Gasteiger partial charge on any atom is -0.480 e. The molecule has 1 aromatic carbocycles. The van der Waals surface area contributed by atoms with Gasteiger partial charge < -0.3 is 10.0 Å². The fourth-order valence-electron chi connectivity index (χ4n) is 1.91. The van der Waals surface area contributed by atoms with Crippen LogP contribution in [0.5, 0.6) is 0 Å². The highest BCUT2D eigenvalue weighted by Gasteiger charge is 2.39. The van der Waals surface area contributed by atoms with Crippen LogP contribution in [0.25, 0.3) is 0 Å². The number of aliphatic carboxylic acids is 1. The summed E-state index contributed by atoms with van der Waals surface area (Å²) in [6, 6.07) is 4.07. The number of hydrogen-bond donors (Lipinski definition) is 1. The number of Topliss-reactive ketones (excluding diaryl/α,β-unsaturated/α-hetero) is 1. The zero-order valence-electron chi connectivity index (χ0n) is 9.30. The minimum atomic E-state index is -1.26. The van der Waals surface area contributed by atoms with E-state index in [2.05, 4.69) is 0 Å². The fourth-order valence-corrected chi connectivity index (χ4v) is 1.91. The predicted molar refractivity (Wildman–Crippen MR) is 58.5 cm³/mol. The number of nitrogens with zero attached hydrogens (tertiary/aromatic N) is 1. The van der Waals surface area contributed by atoms with Crippen molar-refractivity contribution in [3.63, 3.8) is 0 Å². The highest BCUT2D eigenvalue weighted by molar-refractivity contribution is 6.02. The van der Waals surface area contributed by atoms with Crippen molar-refractivity contribution in [1.29, 1.82) is 0 Å². The van der Waals surface area contributed by atoms with E-state index in [4.69, 9.17) is 5.11 Å². The maximum absolute atomic E-state index is 13.4. The van der Waals surface area contributed by atoms with Crippen LogP contribution in [0.3, 0.4) is 0 Å². The van der Waals surface area contributed by atoms with Crippen LogP contribution in [-0.2, 0) is 9.59 Å². The summed E-state index contributed by atoms with van der Waals surface area (Å²) in [6.07, 6.45) is -0.227. The van der Waals surface area contributed by atoms with Crippen LogP contribution in [0.4, 0.5) is 4.39 Å². The third-order valence-electron chi connectivity index (χ3n) is 2.79. The summed E-state index contributed by atoms with van der Waals surface area (Å²) < 4.78 is 13.4. The number of likely N-dealkylation sites (tertiary alicyclic amines) is 1. The maximum Gasteiger partial charge on any atom is 0.326 e. The van der Waals surface area contributed by atoms with Crippen molar-refractivity contribution >= 4 is 17.7 Å². The number of carbonyl (C=O) groups excluding carboxylic acids is 2. The molecule has 0 aliphatic carbocycles. The molecule has 0 bridgehead atoms. The molecule has 1 heterocycles. The number of halogens is 1. The summed E-state index contributed by atoms with van der Waals surface area (Å²) in [5, 5.41) is 8.93. The molecule has 18 heavy (non-hydrogen) atoms. The minimum absolute atomic E-state index is 0.224. The first-order chi connectivity index (χ1) is 8.50. The maximum atomic E-state index is 13.4. The first-order valence-corrected chi connectivity index (χ1v) is 5.30. The van der Waals surface area contributed by atoms with E-state index in [0.29, 0.717) is 0 Å². The van der Waals surface area contributed by atoms with Gasteiger partial charge in [0.25, 0.3) is 5.91 Å². The molecule has 1 aliphatic heterocycles. The largest absolute Gasteiger partial charge is 0.480 e. The number of carboxylic acid groups (broad SMARTS) is 1. The number of carboxylic acids is 1. The van der Waals surface area contributed by atoms with Crippen LogP contribution < -0.4 is 0 Å². The van der Waals surface area contributed by atoms with Gasteiger partial charge in [0.15, 0.2) is 5.78 Å². The van der Waals surface area contributed by atoms with Crippen LogP contribution in [0.1, 0.15) is 16.8 Å². The third kappa shape index (κ3) is 2.09. The third-order valence-corrected chi connectivity index (χ3v) is 2.79. The lowest BCUT2D eigenvalue weighted by molar-refractivity contribution is -0.141. The Balaban J connectivity index is 2.31. The molecule has 1 unspecified atom stereocenters. The first kappa shape index (κ1) is 12.2. The molecule has 0 radical (unpaired) electrons. The normalized spacial score (nSPS) is 19.1. The molecule has 2 rings (SSSR count). The Morgan fingerprint density at radius 2 is 2.00 bits per heavy atom. The van der Waals surface area contributed by atoms with E-state index in [-0.39, 0.29) is 24.3 Å². The van der Waals surface area contributed by atoms with E-state index in [1.807, 2.05) is 0 Å². The zero-order chi connectivity index (χ0) is 13.3. The van der Waals surface area contributed by atoms with Gasteiger partial charge in [-0.05, 0) is 12.1 Å². The van der Waals surface area contributed by atoms with Crippen LogP contribution in [-0.4, -0.2) is 40.3 Å². The molecule has 0 spiro atoms. The fraction of sp³-hybridized carbons (Fsp3) is 0.250. The van der Waals surface area contributed by atoms with E-state index in [1.165, 1.54) is 18.2 Å². The number of ketones is 1. The highest BCUT2D eigenvalue weighted by atomic mass is 19.1. The van der Waals surface area contributed by atoms with Crippen molar-refractivity contribution in [3.05, 3.63) is 35.6 Å². The lowest BCUT2D eigenvalue weighted by Gasteiger charge is -2.20. The average Bonchev–Trinajstić information content (AvgIpc) is 2.71. The van der Waals surface area contributed by atoms with Gasteiger partial charge in [-0.1, -0.05) is 12.1 Å². The quantitative estimate of drug-likeness (QED) is 0.839. The van der Waals surface area contributed by atoms with Gasteiger partial charge in [-0.3, -0.25) is 9.59 Å². The van der Waals surface area contributed by atoms with Crippen molar-refractivity contribution < 1.29 is 23.9 Å². The van der Waals surface area contributed by atoms with Crippen LogP contribution >= 0.6 is 0 Å². The van der Waals surface area contributed by atoms with E-state index in [0.717, 1.165) is 11.0 Å². The highest BCUT2D eigenvalue weighted by Crippen LogP contribution is 2.19. The summed E-state index contributed by atoms with van der Waals surface area (Å²) in [4.78, 5) is 35.1. The second-order valence-corrected chi connectivity index (χ2v) is 4.01. The van der Waals surface area contributed by atoms with E-state index in [9.17, 15) is 18.8 Å². The van der Waals surface area contributed by atoms with Crippen molar-refractivity contribution in [3.8, 4) is 0 Å². The monoisotopic (exact) mass is 251 g/mol. The molecule has 6 heteroatoms. The molecule has 1 aromatic rings. The molecule has 0 aromatic heterocycles. The summed E-state index contributed by atoms with van der Waals surface area (Å²) in [5.41, 5.74) is -0.224. The van der Waals surface area contributed by atoms with E-state index >= 15 is 0 Å². The van der Waals surface area contributed by atoms with Crippen LogP contribution in [0.15, 0.2) is 24.3 Å². The Kier molecular flexibility index (Phi) is 3.10. The topological polar surface area (TPSA) is 74.7 Å². The molecule has 1 fully saturated rings. The summed E-state index contributed by atoms with van der Waals surface area (Å²) >= 11 is 0. The average molecular weight is 251 g/mol. The Morgan fingerprint density at radius 1 is 1.33 bits per heavy atom. The zero-order valence-corrected chi connectivity index (χ0v) is 9.30. The number of benzene rings is 1. The molecule has 0 saturated carbocycles. The van der Waals surface area contributed by atoms with Crippen molar-refractivity contribution in [1.82, 2.24) is 4.90 Å². The van der Waals surface area contributed by atoms with Crippen molar-refractivity contribution in [2.75, 3.05) is 6.54 Å². The molecule has 1 N–H and O–H groups in total. The predicted octanol–water partition coefficient (Wildman–Crippen LogP) is 0.694. The first-order valence-electron chi connectivity index (χ1n) is 5.30. The molecule has 1 atom stereocenters. The Morgan fingerprint density at radius 3 is 2.61 bits per heavy atom. The van der Waals surface area contributed by atoms with E-state index in [1.54, 1.807) is 0 Å². The van der Waals surface area contributed by atoms with E-state index < -0.39 is 23.7 Å². The number of rotatable bonds is 2. The summed E-state index contributed by atoms with van der Waals surface area (Å²) in [6.45, 7) is -0.288. The summed E-state index contributed by atoms with van der Waals surface area (Å²) in [5.74, 6) is -3.10. The Labute approximate surface area is 102 Å². The molecule has 5 nitrogen and oxygen atoms in total. The Hall–Kier alpha value is -2.24. The Bertz CT molecular complexity index is 529. The molecule has 1 aliphatic rings. The van der Waals surface area contributed by atoms with Crippen molar-refractivity contribution in [2.24, 2.45) is 0 Å². The van der Waals surface area contributed by atoms with Crippen molar-refractivity contribution in [2.45, 2.75) is 12.5 Å². The van der Waals surface area contributed by atoms with Gasteiger partial charge in [0.1, 0.15) is 11.9 Å². The second kappa shape index (κ2) is 4.56. The van der Waals surface area contributed by atoms with Gasteiger partial charge >= 0.3 is 5.97 Å². The second-order valence-electron chi connectivity index (χ2n) is 4.01. The molecular weight excluding hydrogens is 241 g/mol. The lowest BCUT2D eigenvalue weighted by Crippen LogP contribution is -2.40. The summed E-state index contributed by atoms with van der Waals surface area (Å²) in [7, 11) is 0. The van der Waals surface area contributed by atoms with Crippen LogP contribution in [0, 0.1) is 5.82 Å². The van der Waals surface area contributed by atoms with Gasteiger partial charge in [-0.25, -0.2) is 9.18 Å². The SMILES string of the molecule is O=C1CC(C(=O)O)N(C(=O)c2ccccc2F)C1. The van der Waals surface area contributed by atoms with Gasteiger partial charge in [0, 0.05) is 6.42 Å². The van der Waals surface area contributed by atoms with Gasteiger partial charge in [0.2, 0.25) is 0 Å². The standard InChI is InChI=1S/C12H10FNO4/c13-9-4-2-1-3-8(9)11(16)14-6-7(15)5-10(14)12(17)18/h1-4,10H,5-6H2,(H,17,18). The van der Waals surface area contributed by atoms with Gasteiger partial charge in [0.05, 0.1) is 12.1 Å². The molecule has 1 amide bonds.